The van der Waals surface area contributed by atoms with Crippen LogP contribution in [0.2, 0.25) is 0 Å². The highest BCUT2D eigenvalue weighted by molar-refractivity contribution is 5.86. The molecule has 0 saturated heterocycles. The van der Waals surface area contributed by atoms with E-state index in [1.54, 1.807) is 19.0 Å². The Morgan fingerprint density at radius 2 is 2.00 bits per heavy atom. The first-order chi connectivity index (χ1) is 6.47. The highest BCUT2D eigenvalue weighted by atomic mass is 16.2. The molecule has 0 heterocycles. The summed E-state index contributed by atoms with van der Waals surface area (Å²) in [5.74, 6) is -0.821. The molecule has 0 fully saturated rings. The van der Waals surface area contributed by atoms with E-state index in [1.165, 1.54) is 0 Å². The van der Waals surface area contributed by atoms with Gasteiger partial charge in [0.1, 0.15) is 0 Å². The van der Waals surface area contributed by atoms with Crippen molar-refractivity contribution < 1.29 is 9.59 Å². The second-order valence-corrected chi connectivity index (χ2v) is 3.20. The van der Waals surface area contributed by atoms with Crippen molar-refractivity contribution in [2.75, 3.05) is 27.2 Å². The van der Waals surface area contributed by atoms with E-state index in [2.05, 4.69) is 10.6 Å². The van der Waals surface area contributed by atoms with Gasteiger partial charge in [0.05, 0.1) is 6.54 Å². The molecule has 0 radical (unpaired) electrons. The summed E-state index contributed by atoms with van der Waals surface area (Å²) in [6.07, 6.45) is -0.785. The SMILES string of the molecule is CCNC(NC(=O)CN(C)C)C(N)=O. The van der Waals surface area contributed by atoms with Crippen molar-refractivity contribution in [1.29, 1.82) is 0 Å². The number of carbonyl (C=O) groups excluding carboxylic acids is 2. The Kier molecular flexibility index (Phi) is 5.82. The smallest absolute Gasteiger partial charge is 0.255 e. The molecule has 14 heavy (non-hydrogen) atoms. The van der Waals surface area contributed by atoms with E-state index >= 15 is 0 Å². The van der Waals surface area contributed by atoms with Crippen molar-refractivity contribution in [3.8, 4) is 0 Å². The number of hydrogen-bond donors (Lipinski definition) is 3. The molecule has 0 spiro atoms. The van der Waals surface area contributed by atoms with Crippen LogP contribution in [0, 0.1) is 0 Å². The summed E-state index contributed by atoms with van der Waals surface area (Å²) in [4.78, 5) is 23.8. The molecule has 4 N–H and O–H groups in total. The third-order valence-corrected chi connectivity index (χ3v) is 1.46. The molecule has 0 aliphatic rings. The Labute approximate surface area is 83.8 Å². The number of likely N-dealkylation sites (N-methyl/N-ethyl adjacent to an activating group) is 2. The topological polar surface area (TPSA) is 87.5 Å². The van der Waals surface area contributed by atoms with Crippen LogP contribution in [0.4, 0.5) is 0 Å². The highest BCUT2D eigenvalue weighted by Crippen LogP contribution is 1.79. The van der Waals surface area contributed by atoms with E-state index in [0.717, 1.165) is 0 Å². The van der Waals surface area contributed by atoms with Crippen LogP contribution in [-0.4, -0.2) is 50.1 Å². The molecule has 0 aromatic heterocycles. The van der Waals surface area contributed by atoms with E-state index in [9.17, 15) is 9.59 Å². The molecular formula is C8H18N4O2. The summed E-state index contributed by atoms with van der Waals surface area (Å²) in [5, 5.41) is 5.24. The third-order valence-electron chi connectivity index (χ3n) is 1.46. The van der Waals surface area contributed by atoms with Crippen molar-refractivity contribution in [2.24, 2.45) is 5.73 Å². The van der Waals surface area contributed by atoms with Crippen molar-refractivity contribution >= 4 is 11.8 Å². The maximum absolute atomic E-state index is 11.2. The predicted octanol–water partition coefficient (Wildman–Crippen LogP) is -1.91. The number of hydrogen-bond acceptors (Lipinski definition) is 4. The minimum atomic E-state index is -0.785. The zero-order valence-electron chi connectivity index (χ0n) is 8.83. The van der Waals surface area contributed by atoms with Gasteiger partial charge in [-0.05, 0) is 20.6 Å². The van der Waals surface area contributed by atoms with Crippen molar-refractivity contribution in [2.45, 2.75) is 13.1 Å². The first-order valence-corrected chi connectivity index (χ1v) is 4.44. The van der Waals surface area contributed by atoms with Crippen LogP contribution in [0.1, 0.15) is 6.92 Å². The summed E-state index contributed by atoms with van der Waals surface area (Å²) in [5.41, 5.74) is 5.07. The lowest BCUT2D eigenvalue weighted by Gasteiger charge is -2.17. The first-order valence-electron chi connectivity index (χ1n) is 4.44. The average Bonchev–Trinajstić information content (AvgIpc) is 2.01. The van der Waals surface area contributed by atoms with Crippen LogP contribution in [0.5, 0.6) is 0 Å². The fraction of sp³-hybridized carbons (Fsp3) is 0.750. The van der Waals surface area contributed by atoms with Gasteiger partial charge >= 0.3 is 0 Å². The molecule has 0 aromatic rings. The van der Waals surface area contributed by atoms with Gasteiger partial charge in [0.2, 0.25) is 5.91 Å². The van der Waals surface area contributed by atoms with Crippen LogP contribution < -0.4 is 16.4 Å². The minimum Gasteiger partial charge on any atom is -0.367 e. The fourth-order valence-corrected chi connectivity index (χ4v) is 0.921. The monoisotopic (exact) mass is 202 g/mol. The molecular weight excluding hydrogens is 184 g/mol. The first kappa shape index (κ1) is 12.9. The number of nitrogens with one attached hydrogen (secondary N) is 2. The van der Waals surface area contributed by atoms with Gasteiger partial charge in [-0.2, -0.15) is 0 Å². The van der Waals surface area contributed by atoms with Crippen LogP contribution in [0.3, 0.4) is 0 Å². The molecule has 1 atom stereocenters. The number of primary amides is 1. The number of amides is 2. The number of nitrogens with zero attached hydrogens (tertiary/aromatic N) is 1. The van der Waals surface area contributed by atoms with E-state index in [1.807, 2.05) is 6.92 Å². The summed E-state index contributed by atoms with van der Waals surface area (Å²) < 4.78 is 0. The van der Waals surface area contributed by atoms with Crippen LogP contribution in [0.25, 0.3) is 0 Å². The quantitative estimate of drug-likeness (QED) is 0.438. The molecule has 82 valence electrons. The average molecular weight is 202 g/mol. The Morgan fingerprint density at radius 1 is 1.43 bits per heavy atom. The summed E-state index contributed by atoms with van der Waals surface area (Å²) in [6.45, 7) is 2.62. The second kappa shape index (κ2) is 6.33. The summed E-state index contributed by atoms with van der Waals surface area (Å²) in [7, 11) is 3.54. The van der Waals surface area contributed by atoms with Gasteiger partial charge in [0.15, 0.2) is 6.17 Å². The standard InChI is InChI=1S/C8H18N4O2/c1-4-10-8(7(9)14)11-6(13)5-12(2)3/h8,10H,4-5H2,1-3H3,(H2,9,14)(H,11,13). The summed E-state index contributed by atoms with van der Waals surface area (Å²) in [6, 6.07) is 0. The van der Waals surface area contributed by atoms with Crippen molar-refractivity contribution in [1.82, 2.24) is 15.5 Å². The molecule has 2 amide bonds. The minimum absolute atomic E-state index is 0.231. The Morgan fingerprint density at radius 3 is 2.36 bits per heavy atom. The lowest BCUT2D eigenvalue weighted by atomic mass is 10.4. The lowest BCUT2D eigenvalue weighted by molar-refractivity contribution is -0.128. The largest absolute Gasteiger partial charge is 0.367 e. The molecule has 0 aromatic carbocycles. The van der Waals surface area contributed by atoms with Gasteiger partial charge in [0, 0.05) is 0 Å². The Balaban J connectivity index is 4.02. The molecule has 6 heteroatoms. The molecule has 0 saturated carbocycles. The number of rotatable bonds is 6. The third kappa shape index (κ3) is 5.50. The van der Waals surface area contributed by atoms with E-state index in [0.29, 0.717) is 6.54 Å². The van der Waals surface area contributed by atoms with Gasteiger partial charge in [0.25, 0.3) is 5.91 Å². The van der Waals surface area contributed by atoms with E-state index < -0.39 is 12.1 Å². The number of nitrogens with two attached hydrogens (primary N) is 1. The van der Waals surface area contributed by atoms with Gasteiger partial charge < -0.3 is 16.0 Å². The van der Waals surface area contributed by atoms with E-state index in [4.69, 9.17) is 5.73 Å². The van der Waals surface area contributed by atoms with Gasteiger partial charge in [-0.1, -0.05) is 6.92 Å². The second-order valence-electron chi connectivity index (χ2n) is 3.20. The van der Waals surface area contributed by atoms with Gasteiger partial charge in [-0.3, -0.25) is 14.9 Å². The Bertz CT molecular complexity index is 206. The van der Waals surface area contributed by atoms with Crippen LogP contribution in [-0.2, 0) is 9.59 Å². The van der Waals surface area contributed by atoms with Crippen molar-refractivity contribution in [3.63, 3.8) is 0 Å². The molecule has 6 nitrogen and oxygen atoms in total. The molecule has 1 unspecified atom stereocenters. The highest BCUT2D eigenvalue weighted by Gasteiger charge is 2.16. The number of carbonyl (C=O) groups is 2. The van der Waals surface area contributed by atoms with Crippen LogP contribution >= 0.6 is 0 Å². The zero-order chi connectivity index (χ0) is 11.1. The zero-order valence-corrected chi connectivity index (χ0v) is 8.83. The van der Waals surface area contributed by atoms with Crippen molar-refractivity contribution in [3.05, 3.63) is 0 Å². The fourth-order valence-electron chi connectivity index (χ4n) is 0.921. The summed E-state index contributed by atoms with van der Waals surface area (Å²) >= 11 is 0. The maximum atomic E-state index is 11.2. The van der Waals surface area contributed by atoms with Gasteiger partial charge in [-0.15, -0.1) is 0 Å². The maximum Gasteiger partial charge on any atom is 0.255 e. The molecule has 0 aliphatic heterocycles. The molecule has 0 bridgehead atoms. The lowest BCUT2D eigenvalue weighted by Crippen LogP contribution is -2.54. The van der Waals surface area contributed by atoms with Gasteiger partial charge in [-0.25, -0.2) is 0 Å². The Hall–Kier alpha value is -1.14. The van der Waals surface area contributed by atoms with Crippen LogP contribution in [0.15, 0.2) is 0 Å². The molecule has 0 aliphatic carbocycles. The normalized spacial score (nSPS) is 12.6. The predicted molar refractivity (Wildman–Crippen MR) is 53.4 cm³/mol. The van der Waals surface area contributed by atoms with E-state index in [-0.39, 0.29) is 12.5 Å². The molecule has 0 rings (SSSR count).